The summed E-state index contributed by atoms with van der Waals surface area (Å²) in [5.74, 6) is 0. The zero-order valence-corrected chi connectivity index (χ0v) is 5.77. The summed E-state index contributed by atoms with van der Waals surface area (Å²) in [5, 5.41) is 26.9. The van der Waals surface area contributed by atoms with E-state index in [0.717, 1.165) is 0 Å². The lowest BCUT2D eigenvalue weighted by atomic mass is 10.0. The average Bonchev–Trinajstić information content (AvgIpc) is 1.84. The maximum atomic E-state index is 9.07. The van der Waals surface area contributed by atoms with Crippen LogP contribution in [0.5, 0.6) is 0 Å². The molecule has 1 saturated heterocycles. The van der Waals surface area contributed by atoms with Crippen LogP contribution in [0.25, 0.3) is 0 Å². The van der Waals surface area contributed by atoms with Gasteiger partial charge in [0.25, 0.3) is 0 Å². The molecule has 4 heteroatoms. The second-order valence-electron chi connectivity index (χ2n) is 2.60. The first-order valence-electron chi connectivity index (χ1n) is 3.31. The van der Waals surface area contributed by atoms with E-state index in [-0.39, 0.29) is 6.42 Å². The van der Waals surface area contributed by atoms with Gasteiger partial charge in [-0.25, -0.2) is 0 Å². The van der Waals surface area contributed by atoms with Crippen LogP contribution in [-0.2, 0) is 4.74 Å². The fraction of sp³-hybridized carbons (Fsp3) is 1.00. The molecule has 0 bridgehead atoms. The lowest BCUT2D eigenvalue weighted by molar-refractivity contribution is -0.240. The predicted molar refractivity (Wildman–Crippen MR) is 33.2 cm³/mol. The molecule has 0 aliphatic carbocycles. The van der Waals surface area contributed by atoms with E-state index in [1.165, 1.54) is 0 Å². The monoisotopic (exact) mass is 148 g/mol. The van der Waals surface area contributed by atoms with Gasteiger partial charge in [0, 0.05) is 6.42 Å². The highest BCUT2D eigenvalue weighted by atomic mass is 16.6. The van der Waals surface area contributed by atoms with E-state index in [4.69, 9.17) is 20.1 Å². The third kappa shape index (κ3) is 1.46. The summed E-state index contributed by atoms with van der Waals surface area (Å²) in [4.78, 5) is 0. The molecule has 4 nitrogen and oxygen atoms in total. The SMILES string of the molecule is C[C@@H]1OC(O)[C@H](O)C[C@H]1O. The quantitative estimate of drug-likeness (QED) is 0.405. The maximum absolute atomic E-state index is 9.07. The van der Waals surface area contributed by atoms with Crippen molar-refractivity contribution in [2.45, 2.75) is 37.9 Å². The molecule has 0 aromatic rings. The molecule has 0 radical (unpaired) electrons. The first kappa shape index (κ1) is 7.94. The van der Waals surface area contributed by atoms with Crippen molar-refractivity contribution < 1.29 is 20.1 Å². The van der Waals surface area contributed by atoms with Crippen molar-refractivity contribution >= 4 is 0 Å². The minimum atomic E-state index is -1.14. The summed E-state index contributed by atoms with van der Waals surface area (Å²) in [6.45, 7) is 1.65. The van der Waals surface area contributed by atoms with E-state index in [9.17, 15) is 0 Å². The van der Waals surface area contributed by atoms with Crippen molar-refractivity contribution in [3.63, 3.8) is 0 Å². The molecule has 1 fully saturated rings. The van der Waals surface area contributed by atoms with Gasteiger partial charge >= 0.3 is 0 Å². The van der Waals surface area contributed by atoms with Crippen molar-refractivity contribution in [3.05, 3.63) is 0 Å². The molecule has 0 saturated carbocycles. The van der Waals surface area contributed by atoms with Crippen LogP contribution in [-0.4, -0.2) is 39.9 Å². The summed E-state index contributed by atoms with van der Waals surface area (Å²) in [6, 6.07) is 0. The molecule has 0 spiro atoms. The van der Waals surface area contributed by atoms with Crippen LogP contribution in [0.3, 0.4) is 0 Å². The Hall–Kier alpha value is -0.160. The lowest BCUT2D eigenvalue weighted by Crippen LogP contribution is -2.45. The molecule has 1 unspecified atom stereocenters. The second kappa shape index (κ2) is 2.84. The molecule has 1 aliphatic heterocycles. The third-order valence-electron chi connectivity index (χ3n) is 1.71. The van der Waals surface area contributed by atoms with E-state index in [0.29, 0.717) is 0 Å². The Morgan fingerprint density at radius 1 is 1.20 bits per heavy atom. The molecule has 1 aliphatic rings. The Morgan fingerprint density at radius 3 is 2.30 bits per heavy atom. The standard InChI is InChI=1S/C6H12O4/c1-3-4(7)2-5(8)6(9)10-3/h3-9H,2H2,1H3/t3-,4+,5+,6?/m0/s1. The van der Waals surface area contributed by atoms with E-state index in [2.05, 4.69) is 0 Å². The van der Waals surface area contributed by atoms with Crippen LogP contribution >= 0.6 is 0 Å². The highest BCUT2D eigenvalue weighted by Gasteiger charge is 2.32. The van der Waals surface area contributed by atoms with Gasteiger partial charge in [-0.1, -0.05) is 0 Å². The van der Waals surface area contributed by atoms with Gasteiger partial charge in [-0.15, -0.1) is 0 Å². The average molecular weight is 148 g/mol. The van der Waals surface area contributed by atoms with Crippen LogP contribution in [0.15, 0.2) is 0 Å². The van der Waals surface area contributed by atoms with Crippen molar-refractivity contribution in [3.8, 4) is 0 Å². The number of aliphatic hydroxyl groups excluding tert-OH is 3. The van der Waals surface area contributed by atoms with Crippen molar-refractivity contribution in [2.75, 3.05) is 0 Å². The Bertz CT molecular complexity index is 90.3. The summed E-state index contributed by atoms with van der Waals surface area (Å²) in [7, 11) is 0. The van der Waals surface area contributed by atoms with E-state index < -0.39 is 24.6 Å². The van der Waals surface area contributed by atoms with E-state index >= 15 is 0 Å². The highest BCUT2D eigenvalue weighted by Crippen LogP contribution is 2.17. The van der Waals surface area contributed by atoms with Gasteiger partial charge < -0.3 is 20.1 Å². The van der Waals surface area contributed by atoms with Gasteiger partial charge in [-0.3, -0.25) is 0 Å². The first-order valence-corrected chi connectivity index (χ1v) is 3.31. The van der Waals surface area contributed by atoms with Crippen LogP contribution < -0.4 is 0 Å². The Morgan fingerprint density at radius 2 is 1.80 bits per heavy atom. The maximum Gasteiger partial charge on any atom is 0.181 e. The topological polar surface area (TPSA) is 69.9 Å². The number of rotatable bonds is 0. The second-order valence-corrected chi connectivity index (χ2v) is 2.60. The van der Waals surface area contributed by atoms with Crippen molar-refractivity contribution in [1.82, 2.24) is 0 Å². The van der Waals surface area contributed by atoms with E-state index in [1.807, 2.05) is 0 Å². The molecule has 10 heavy (non-hydrogen) atoms. The lowest BCUT2D eigenvalue weighted by Gasteiger charge is -2.32. The summed E-state index contributed by atoms with van der Waals surface area (Å²) >= 11 is 0. The molecule has 0 aromatic heterocycles. The molecule has 3 N–H and O–H groups in total. The number of aliphatic hydroxyl groups is 3. The van der Waals surface area contributed by atoms with Crippen molar-refractivity contribution in [1.29, 1.82) is 0 Å². The number of hydrogen-bond donors (Lipinski definition) is 3. The molecule has 1 rings (SSSR count). The zero-order valence-electron chi connectivity index (χ0n) is 5.77. The van der Waals surface area contributed by atoms with E-state index in [1.54, 1.807) is 6.92 Å². The highest BCUT2D eigenvalue weighted by molar-refractivity contribution is 4.76. The summed E-state index contributed by atoms with van der Waals surface area (Å²) < 4.78 is 4.77. The predicted octanol–water partition coefficient (Wildman–Crippen LogP) is -1.16. The molecule has 60 valence electrons. The summed E-state index contributed by atoms with van der Waals surface area (Å²) in [5.41, 5.74) is 0. The van der Waals surface area contributed by atoms with Gasteiger partial charge in [-0.05, 0) is 6.92 Å². The molecule has 4 atom stereocenters. The minimum absolute atomic E-state index is 0.183. The Kier molecular flexibility index (Phi) is 2.25. The van der Waals surface area contributed by atoms with Gasteiger partial charge in [0.05, 0.1) is 12.2 Å². The molecular weight excluding hydrogens is 136 g/mol. The Balaban J connectivity index is 2.46. The molecule has 1 heterocycles. The van der Waals surface area contributed by atoms with Gasteiger partial charge in [-0.2, -0.15) is 0 Å². The molecule has 0 amide bonds. The normalized spacial score (nSPS) is 49.2. The first-order chi connectivity index (χ1) is 4.61. The van der Waals surface area contributed by atoms with Gasteiger partial charge in [0.2, 0.25) is 0 Å². The van der Waals surface area contributed by atoms with Crippen LogP contribution in [0.4, 0.5) is 0 Å². The van der Waals surface area contributed by atoms with Crippen LogP contribution in [0, 0.1) is 0 Å². The molecule has 0 aromatic carbocycles. The van der Waals surface area contributed by atoms with Crippen molar-refractivity contribution in [2.24, 2.45) is 0 Å². The third-order valence-corrected chi connectivity index (χ3v) is 1.71. The number of ether oxygens (including phenoxy) is 1. The van der Waals surface area contributed by atoms with Crippen LogP contribution in [0.2, 0.25) is 0 Å². The Labute approximate surface area is 59.1 Å². The smallest absolute Gasteiger partial charge is 0.181 e. The van der Waals surface area contributed by atoms with Gasteiger partial charge in [0.15, 0.2) is 6.29 Å². The largest absolute Gasteiger partial charge is 0.390 e. The number of hydrogen-bond acceptors (Lipinski definition) is 4. The zero-order chi connectivity index (χ0) is 7.72. The minimum Gasteiger partial charge on any atom is -0.390 e. The summed E-state index contributed by atoms with van der Waals surface area (Å²) in [6.07, 6.45) is -2.97. The molecular formula is C6H12O4. The fourth-order valence-electron chi connectivity index (χ4n) is 0.957. The van der Waals surface area contributed by atoms with Crippen LogP contribution in [0.1, 0.15) is 13.3 Å². The van der Waals surface area contributed by atoms with Gasteiger partial charge in [0.1, 0.15) is 6.10 Å². The fourth-order valence-corrected chi connectivity index (χ4v) is 0.957.